The van der Waals surface area contributed by atoms with Crippen molar-refractivity contribution in [3.05, 3.63) is 90.0 Å². The van der Waals surface area contributed by atoms with E-state index in [2.05, 4.69) is 43.0 Å². The van der Waals surface area contributed by atoms with Crippen molar-refractivity contribution < 1.29 is 25.2 Å². The number of rotatable bonds is 9. The van der Waals surface area contributed by atoms with Crippen molar-refractivity contribution in [3.8, 4) is 40.2 Å². The highest BCUT2D eigenvalue weighted by molar-refractivity contribution is 5.90. The molecule has 0 fully saturated rings. The standard InChI is InChI=1S/C39H44O5/c1-26(23-27-9-4-3-5-10-27)28-11-6-7-14-35(41)34(13-8-12-28)36(42)21-18-29-19-22-37(43)39(44-2)38(29)32-16-15-31-25-33(40)20-17-30(31)24-32/h3-5,9-10,15-17,19-20,22,24-26,28,34-36,40-43H,6-7,11,13-14,18,21,23H2,1-2H3. The molecule has 0 aliphatic heterocycles. The Morgan fingerprint density at radius 3 is 2.45 bits per heavy atom. The van der Waals surface area contributed by atoms with Gasteiger partial charge in [-0.05, 0) is 89.8 Å². The molecule has 5 unspecified atom stereocenters. The molecule has 0 aromatic heterocycles. The van der Waals surface area contributed by atoms with E-state index in [1.54, 1.807) is 25.3 Å². The van der Waals surface area contributed by atoms with Gasteiger partial charge in [0.2, 0.25) is 0 Å². The molecule has 44 heavy (non-hydrogen) atoms. The van der Waals surface area contributed by atoms with E-state index in [0.29, 0.717) is 43.3 Å². The van der Waals surface area contributed by atoms with Gasteiger partial charge in [-0.15, -0.1) is 5.92 Å². The molecule has 5 heteroatoms. The van der Waals surface area contributed by atoms with Crippen molar-refractivity contribution in [2.75, 3.05) is 7.11 Å². The number of aliphatic hydroxyl groups excluding tert-OH is 2. The summed E-state index contributed by atoms with van der Waals surface area (Å²) in [5, 5.41) is 44.9. The maximum atomic E-state index is 11.4. The molecule has 1 aliphatic rings. The molecule has 0 saturated heterocycles. The summed E-state index contributed by atoms with van der Waals surface area (Å²) < 4.78 is 5.65. The molecule has 230 valence electrons. The number of phenols is 2. The van der Waals surface area contributed by atoms with Crippen LogP contribution in [0.5, 0.6) is 17.2 Å². The lowest BCUT2D eigenvalue weighted by atomic mass is 9.81. The summed E-state index contributed by atoms with van der Waals surface area (Å²) in [6.07, 6.45) is 4.71. The first-order valence-electron chi connectivity index (χ1n) is 15.8. The smallest absolute Gasteiger partial charge is 0.168 e. The SMILES string of the molecule is COc1c(O)ccc(CCC(O)C2CC#CC(C(C)Cc3ccccc3)CCCCC2O)c1-c1ccc2cc(O)ccc2c1. The van der Waals surface area contributed by atoms with Crippen LogP contribution < -0.4 is 4.74 Å². The van der Waals surface area contributed by atoms with Gasteiger partial charge in [0.25, 0.3) is 0 Å². The molecule has 0 amide bonds. The van der Waals surface area contributed by atoms with Gasteiger partial charge in [-0.2, -0.15) is 0 Å². The van der Waals surface area contributed by atoms with E-state index >= 15 is 0 Å². The monoisotopic (exact) mass is 592 g/mol. The molecule has 5 nitrogen and oxygen atoms in total. The molecule has 0 heterocycles. The summed E-state index contributed by atoms with van der Waals surface area (Å²) in [5.74, 6) is 7.93. The van der Waals surface area contributed by atoms with Crippen LogP contribution in [0.2, 0.25) is 0 Å². The average Bonchev–Trinajstić information content (AvgIpc) is 3.03. The quantitative estimate of drug-likeness (QED) is 0.150. The number of aromatic hydroxyl groups is 2. The summed E-state index contributed by atoms with van der Waals surface area (Å²) in [7, 11) is 1.54. The highest BCUT2D eigenvalue weighted by atomic mass is 16.5. The van der Waals surface area contributed by atoms with Crippen molar-refractivity contribution in [1.29, 1.82) is 0 Å². The van der Waals surface area contributed by atoms with E-state index in [9.17, 15) is 20.4 Å². The predicted molar refractivity (Wildman–Crippen MR) is 177 cm³/mol. The number of aryl methyl sites for hydroxylation is 1. The van der Waals surface area contributed by atoms with Gasteiger partial charge in [-0.1, -0.05) is 80.3 Å². The van der Waals surface area contributed by atoms with Gasteiger partial charge < -0.3 is 25.2 Å². The van der Waals surface area contributed by atoms with Crippen LogP contribution in [0, 0.1) is 29.6 Å². The third-order valence-electron chi connectivity index (χ3n) is 9.22. The van der Waals surface area contributed by atoms with Crippen LogP contribution in [-0.2, 0) is 12.8 Å². The zero-order chi connectivity index (χ0) is 31.1. The predicted octanol–water partition coefficient (Wildman–Crippen LogP) is 7.66. The number of phenolic OH excluding ortho intramolecular Hbond substituents is 2. The topological polar surface area (TPSA) is 90.2 Å². The van der Waals surface area contributed by atoms with Crippen LogP contribution >= 0.6 is 0 Å². The first-order chi connectivity index (χ1) is 21.3. The molecule has 0 spiro atoms. The third-order valence-corrected chi connectivity index (χ3v) is 9.22. The summed E-state index contributed by atoms with van der Waals surface area (Å²) in [6, 6.07) is 25.2. The van der Waals surface area contributed by atoms with Gasteiger partial charge >= 0.3 is 0 Å². The molecule has 5 atom stereocenters. The number of fused-ring (bicyclic) bond motifs is 1. The third kappa shape index (κ3) is 7.56. The van der Waals surface area contributed by atoms with Gasteiger partial charge in [0.15, 0.2) is 11.5 Å². The van der Waals surface area contributed by atoms with E-state index in [0.717, 1.165) is 53.1 Å². The summed E-state index contributed by atoms with van der Waals surface area (Å²) in [6.45, 7) is 2.28. The lowest BCUT2D eigenvalue weighted by Gasteiger charge is -2.28. The second kappa shape index (κ2) is 14.7. The number of ether oxygens (including phenoxy) is 1. The Kier molecular flexibility index (Phi) is 10.5. The number of hydrogen-bond acceptors (Lipinski definition) is 5. The van der Waals surface area contributed by atoms with E-state index < -0.39 is 12.2 Å². The van der Waals surface area contributed by atoms with E-state index in [4.69, 9.17) is 4.74 Å². The Balaban J connectivity index is 1.33. The minimum Gasteiger partial charge on any atom is -0.508 e. The van der Waals surface area contributed by atoms with Gasteiger partial charge in [0, 0.05) is 23.8 Å². The van der Waals surface area contributed by atoms with Crippen LogP contribution in [-0.4, -0.2) is 39.7 Å². The Morgan fingerprint density at radius 1 is 0.909 bits per heavy atom. The lowest BCUT2D eigenvalue weighted by Crippen LogP contribution is -2.32. The molecule has 0 bridgehead atoms. The normalized spacial score (nSPS) is 20.3. The molecule has 4 N–H and O–H groups in total. The molecule has 4 aromatic rings. The molecular formula is C39H44O5. The first-order valence-corrected chi connectivity index (χ1v) is 15.8. The van der Waals surface area contributed by atoms with Crippen LogP contribution in [0.3, 0.4) is 0 Å². The van der Waals surface area contributed by atoms with E-state index in [1.807, 2.05) is 36.4 Å². The fourth-order valence-corrected chi connectivity index (χ4v) is 6.65. The van der Waals surface area contributed by atoms with Crippen molar-refractivity contribution >= 4 is 10.8 Å². The number of aliphatic hydroxyl groups is 2. The lowest BCUT2D eigenvalue weighted by molar-refractivity contribution is 0.00554. The summed E-state index contributed by atoms with van der Waals surface area (Å²) in [5.41, 5.74) is 3.92. The second-order valence-corrected chi connectivity index (χ2v) is 12.3. The molecular weight excluding hydrogens is 548 g/mol. The number of benzene rings is 4. The Labute approximate surface area is 261 Å². The van der Waals surface area contributed by atoms with Crippen molar-refractivity contribution in [3.63, 3.8) is 0 Å². The minimum absolute atomic E-state index is 0.0479. The van der Waals surface area contributed by atoms with Crippen molar-refractivity contribution in [2.45, 2.75) is 70.5 Å². The fourth-order valence-electron chi connectivity index (χ4n) is 6.65. The zero-order valence-corrected chi connectivity index (χ0v) is 25.7. The highest BCUT2D eigenvalue weighted by Crippen LogP contribution is 2.42. The van der Waals surface area contributed by atoms with Crippen LogP contribution in [0.4, 0.5) is 0 Å². The maximum absolute atomic E-state index is 11.4. The molecule has 1 aliphatic carbocycles. The number of methoxy groups -OCH3 is 1. The van der Waals surface area contributed by atoms with Gasteiger partial charge in [-0.25, -0.2) is 0 Å². The molecule has 4 aromatic carbocycles. The maximum Gasteiger partial charge on any atom is 0.168 e. The van der Waals surface area contributed by atoms with Gasteiger partial charge in [-0.3, -0.25) is 0 Å². The molecule has 0 saturated carbocycles. The first kappa shape index (κ1) is 31.4. The van der Waals surface area contributed by atoms with E-state index in [-0.39, 0.29) is 17.4 Å². The Hall–Kier alpha value is -3.98. The van der Waals surface area contributed by atoms with Gasteiger partial charge in [0.05, 0.1) is 19.3 Å². The largest absolute Gasteiger partial charge is 0.508 e. The number of hydrogen-bond donors (Lipinski definition) is 4. The van der Waals surface area contributed by atoms with Crippen LogP contribution in [0.15, 0.2) is 78.9 Å². The minimum atomic E-state index is -0.730. The molecule has 0 radical (unpaired) electrons. The Morgan fingerprint density at radius 2 is 1.66 bits per heavy atom. The average molecular weight is 593 g/mol. The summed E-state index contributed by atoms with van der Waals surface area (Å²) in [4.78, 5) is 0. The fraction of sp³-hybridized carbons (Fsp3) is 0.385. The molecule has 5 rings (SSSR count). The summed E-state index contributed by atoms with van der Waals surface area (Å²) >= 11 is 0. The van der Waals surface area contributed by atoms with Crippen LogP contribution in [0.25, 0.3) is 21.9 Å². The van der Waals surface area contributed by atoms with Crippen LogP contribution in [0.1, 0.15) is 56.6 Å². The van der Waals surface area contributed by atoms with Gasteiger partial charge in [0.1, 0.15) is 5.75 Å². The second-order valence-electron chi connectivity index (χ2n) is 12.3. The highest BCUT2D eigenvalue weighted by Gasteiger charge is 2.28. The van der Waals surface area contributed by atoms with Crippen molar-refractivity contribution in [2.24, 2.45) is 17.8 Å². The van der Waals surface area contributed by atoms with E-state index in [1.165, 1.54) is 5.56 Å². The van der Waals surface area contributed by atoms with Crippen molar-refractivity contribution in [1.82, 2.24) is 0 Å². The Bertz CT molecular complexity index is 1600. The zero-order valence-electron chi connectivity index (χ0n) is 25.7.